The predicted molar refractivity (Wildman–Crippen MR) is 48.2 cm³/mol. The summed E-state index contributed by atoms with van der Waals surface area (Å²) >= 11 is 0. The number of phenolic OH excluding ortho intramolecular Hbond substituents is 1. The van der Waals surface area contributed by atoms with Crippen molar-refractivity contribution in [1.82, 2.24) is 5.32 Å². The molecule has 1 aliphatic rings. The zero-order valence-electron chi connectivity index (χ0n) is 7.17. The van der Waals surface area contributed by atoms with Gasteiger partial charge in [-0.25, -0.2) is 0 Å². The molecule has 1 aromatic rings. The average Bonchev–Trinajstić information content (AvgIpc) is 1.91. The molecule has 0 aliphatic carbocycles. The van der Waals surface area contributed by atoms with Crippen molar-refractivity contribution < 1.29 is 5.11 Å². The van der Waals surface area contributed by atoms with Crippen LogP contribution in [0, 0.1) is 6.92 Å². The Bertz CT molecular complexity index is 292. The minimum atomic E-state index is 0.380. The van der Waals surface area contributed by atoms with Crippen LogP contribution in [0.1, 0.15) is 23.6 Å². The fourth-order valence-corrected chi connectivity index (χ4v) is 1.50. The summed E-state index contributed by atoms with van der Waals surface area (Å²) in [4.78, 5) is 0. The van der Waals surface area contributed by atoms with E-state index < -0.39 is 0 Å². The van der Waals surface area contributed by atoms with Crippen molar-refractivity contribution in [2.24, 2.45) is 0 Å². The van der Waals surface area contributed by atoms with E-state index in [0.717, 1.165) is 24.1 Å². The standard InChI is InChI=1S/C10H13NO/c1-7-2-3-8(10(12)6-7)9-4-5-11-9/h2-3,6,9,11-12H,4-5H2,1H3/t9-/m0/s1. The van der Waals surface area contributed by atoms with Gasteiger partial charge >= 0.3 is 0 Å². The third kappa shape index (κ3) is 1.18. The Kier molecular flexibility index (Phi) is 1.77. The van der Waals surface area contributed by atoms with E-state index in [9.17, 15) is 5.11 Å². The van der Waals surface area contributed by atoms with E-state index in [1.165, 1.54) is 0 Å². The van der Waals surface area contributed by atoms with Crippen molar-refractivity contribution in [3.05, 3.63) is 29.3 Å². The van der Waals surface area contributed by atoms with Crippen molar-refractivity contribution in [3.63, 3.8) is 0 Å². The van der Waals surface area contributed by atoms with Gasteiger partial charge in [-0.3, -0.25) is 0 Å². The maximum atomic E-state index is 9.59. The number of aromatic hydroxyl groups is 1. The summed E-state index contributed by atoms with van der Waals surface area (Å²) in [5.41, 5.74) is 2.14. The van der Waals surface area contributed by atoms with Gasteiger partial charge in [-0.05, 0) is 31.5 Å². The number of rotatable bonds is 1. The summed E-state index contributed by atoms with van der Waals surface area (Å²) in [5, 5.41) is 12.8. The third-order valence-corrected chi connectivity index (χ3v) is 2.39. The Morgan fingerprint density at radius 1 is 1.50 bits per heavy atom. The molecule has 1 atom stereocenters. The second-order valence-corrected chi connectivity index (χ2v) is 3.36. The molecule has 0 amide bonds. The smallest absolute Gasteiger partial charge is 0.120 e. The van der Waals surface area contributed by atoms with Crippen LogP contribution >= 0.6 is 0 Å². The SMILES string of the molecule is Cc1ccc([C@@H]2CCN2)c(O)c1. The van der Waals surface area contributed by atoms with Crippen LogP contribution in [0.4, 0.5) is 0 Å². The number of hydrogen-bond acceptors (Lipinski definition) is 2. The van der Waals surface area contributed by atoms with E-state index in [2.05, 4.69) is 5.32 Å². The van der Waals surface area contributed by atoms with Gasteiger partial charge in [0, 0.05) is 11.6 Å². The van der Waals surface area contributed by atoms with E-state index >= 15 is 0 Å². The maximum absolute atomic E-state index is 9.59. The highest BCUT2D eigenvalue weighted by molar-refractivity contribution is 5.38. The van der Waals surface area contributed by atoms with Gasteiger partial charge in [-0.15, -0.1) is 0 Å². The van der Waals surface area contributed by atoms with Crippen LogP contribution in [-0.4, -0.2) is 11.7 Å². The first-order chi connectivity index (χ1) is 5.77. The van der Waals surface area contributed by atoms with E-state index in [1.54, 1.807) is 0 Å². The molecule has 12 heavy (non-hydrogen) atoms. The summed E-state index contributed by atoms with van der Waals surface area (Å²) in [6.45, 7) is 3.05. The second-order valence-electron chi connectivity index (χ2n) is 3.36. The molecule has 0 aromatic heterocycles. The van der Waals surface area contributed by atoms with Gasteiger partial charge < -0.3 is 10.4 Å². The molecule has 1 heterocycles. The van der Waals surface area contributed by atoms with Gasteiger partial charge in [0.2, 0.25) is 0 Å². The lowest BCUT2D eigenvalue weighted by molar-refractivity contribution is 0.364. The Morgan fingerprint density at radius 3 is 2.75 bits per heavy atom. The minimum Gasteiger partial charge on any atom is -0.508 e. The number of benzene rings is 1. The van der Waals surface area contributed by atoms with Gasteiger partial charge in [-0.2, -0.15) is 0 Å². The lowest BCUT2D eigenvalue weighted by atomic mass is 9.96. The first-order valence-electron chi connectivity index (χ1n) is 4.30. The van der Waals surface area contributed by atoms with Gasteiger partial charge in [0.1, 0.15) is 5.75 Å². The third-order valence-electron chi connectivity index (χ3n) is 2.39. The van der Waals surface area contributed by atoms with Crippen LogP contribution in [-0.2, 0) is 0 Å². The highest BCUT2D eigenvalue weighted by Gasteiger charge is 2.20. The normalized spacial score (nSPS) is 21.9. The molecule has 0 bridgehead atoms. The molecule has 0 spiro atoms. The first kappa shape index (κ1) is 7.62. The molecule has 2 rings (SSSR count). The van der Waals surface area contributed by atoms with Crippen LogP contribution in [0.25, 0.3) is 0 Å². The molecule has 0 unspecified atom stereocenters. The van der Waals surface area contributed by atoms with Crippen molar-refractivity contribution >= 4 is 0 Å². The van der Waals surface area contributed by atoms with E-state index in [4.69, 9.17) is 0 Å². The number of phenols is 1. The van der Waals surface area contributed by atoms with Gasteiger partial charge in [0.05, 0.1) is 0 Å². The molecule has 0 saturated carbocycles. The zero-order valence-corrected chi connectivity index (χ0v) is 7.17. The topological polar surface area (TPSA) is 32.3 Å². The van der Waals surface area contributed by atoms with Crippen molar-refractivity contribution in [2.45, 2.75) is 19.4 Å². The lowest BCUT2D eigenvalue weighted by Crippen LogP contribution is -2.34. The zero-order chi connectivity index (χ0) is 8.55. The van der Waals surface area contributed by atoms with Crippen LogP contribution in [0.5, 0.6) is 5.75 Å². The molecule has 2 nitrogen and oxygen atoms in total. The molecule has 2 N–H and O–H groups in total. The molecular formula is C10H13NO. The molecule has 64 valence electrons. The summed E-state index contributed by atoms with van der Waals surface area (Å²) in [5.74, 6) is 0.423. The Hall–Kier alpha value is -1.02. The Balaban J connectivity index is 2.31. The highest BCUT2D eigenvalue weighted by atomic mass is 16.3. The number of nitrogens with one attached hydrogen (secondary N) is 1. The van der Waals surface area contributed by atoms with Crippen molar-refractivity contribution in [1.29, 1.82) is 0 Å². The largest absolute Gasteiger partial charge is 0.508 e. The Morgan fingerprint density at radius 2 is 2.25 bits per heavy atom. The summed E-state index contributed by atoms with van der Waals surface area (Å²) < 4.78 is 0. The lowest BCUT2D eigenvalue weighted by Gasteiger charge is -2.28. The molecular weight excluding hydrogens is 150 g/mol. The summed E-state index contributed by atoms with van der Waals surface area (Å²) in [6.07, 6.45) is 1.14. The maximum Gasteiger partial charge on any atom is 0.120 e. The average molecular weight is 163 g/mol. The van der Waals surface area contributed by atoms with Crippen LogP contribution in [0.2, 0.25) is 0 Å². The van der Waals surface area contributed by atoms with Gasteiger partial charge in [0.25, 0.3) is 0 Å². The summed E-state index contributed by atoms with van der Waals surface area (Å²) in [6, 6.07) is 6.23. The van der Waals surface area contributed by atoms with Crippen molar-refractivity contribution in [3.8, 4) is 5.75 Å². The molecule has 2 heteroatoms. The van der Waals surface area contributed by atoms with Gasteiger partial charge in [0.15, 0.2) is 0 Å². The number of hydrogen-bond donors (Lipinski definition) is 2. The quantitative estimate of drug-likeness (QED) is 0.661. The van der Waals surface area contributed by atoms with E-state index in [1.807, 2.05) is 25.1 Å². The van der Waals surface area contributed by atoms with Crippen molar-refractivity contribution in [2.75, 3.05) is 6.54 Å². The van der Waals surface area contributed by atoms with E-state index in [-0.39, 0.29) is 0 Å². The van der Waals surface area contributed by atoms with E-state index in [0.29, 0.717) is 11.8 Å². The molecule has 1 aliphatic heterocycles. The van der Waals surface area contributed by atoms with Crippen LogP contribution < -0.4 is 5.32 Å². The van der Waals surface area contributed by atoms with Crippen LogP contribution in [0.15, 0.2) is 18.2 Å². The first-order valence-corrected chi connectivity index (χ1v) is 4.30. The summed E-state index contributed by atoms with van der Waals surface area (Å²) in [7, 11) is 0. The van der Waals surface area contributed by atoms with Gasteiger partial charge in [-0.1, -0.05) is 12.1 Å². The Labute approximate surface area is 72.2 Å². The van der Waals surface area contributed by atoms with Crippen LogP contribution in [0.3, 0.4) is 0 Å². The fourth-order valence-electron chi connectivity index (χ4n) is 1.50. The highest BCUT2D eigenvalue weighted by Crippen LogP contribution is 2.30. The molecule has 0 radical (unpaired) electrons. The monoisotopic (exact) mass is 163 g/mol. The molecule has 1 fully saturated rings. The fraction of sp³-hybridized carbons (Fsp3) is 0.400. The second kappa shape index (κ2) is 2.79. The molecule has 1 aromatic carbocycles. The minimum absolute atomic E-state index is 0.380. The number of aryl methyl sites for hydroxylation is 1. The molecule has 1 saturated heterocycles. The predicted octanol–water partition coefficient (Wildman–Crippen LogP) is 1.74.